The number of benzene rings is 2. The molecule has 2 aromatic carbocycles. The largest absolute Gasteiger partial charge is 0.321 e. The summed E-state index contributed by atoms with van der Waals surface area (Å²) in [5.41, 5.74) is 0.574. The number of nitrogens with zero attached hydrogens (tertiary/aromatic N) is 1. The molecule has 9 heteroatoms. The summed E-state index contributed by atoms with van der Waals surface area (Å²) < 4.78 is 27.5. The number of aromatic nitrogens is 2. The van der Waals surface area contributed by atoms with Crippen LogP contribution in [0.3, 0.4) is 0 Å². The van der Waals surface area contributed by atoms with Gasteiger partial charge in [-0.25, -0.2) is 13.1 Å². The van der Waals surface area contributed by atoms with Gasteiger partial charge in [-0.1, -0.05) is 17.7 Å². The van der Waals surface area contributed by atoms with E-state index in [0.29, 0.717) is 21.6 Å². The van der Waals surface area contributed by atoms with Gasteiger partial charge in [0.15, 0.2) is 5.69 Å². The van der Waals surface area contributed by atoms with Gasteiger partial charge in [-0.3, -0.25) is 9.89 Å². The molecule has 3 aromatic rings. The molecule has 0 unspecified atom stereocenters. The van der Waals surface area contributed by atoms with E-state index in [4.69, 9.17) is 11.6 Å². The molecule has 0 bridgehead atoms. The van der Waals surface area contributed by atoms with Gasteiger partial charge >= 0.3 is 0 Å². The Morgan fingerprint density at radius 3 is 2.59 bits per heavy atom. The minimum absolute atomic E-state index is 0.0603. The van der Waals surface area contributed by atoms with E-state index in [0.717, 1.165) is 0 Å². The van der Waals surface area contributed by atoms with Gasteiger partial charge in [0.05, 0.1) is 10.4 Å². The quantitative estimate of drug-likeness (QED) is 0.616. The van der Waals surface area contributed by atoms with Crippen molar-refractivity contribution in [2.45, 2.75) is 31.2 Å². The van der Waals surface area contributed by atoms with Crippen molar-refractivity contribution >= 4 is 44.1 Å². The predicted molar refractivity (Wildman–Crippen MR) is 106 cm³/mol. The Labute approximate surface area is 162 Å². The van der Waals surface area contributed by atoms with Crippen LogP contribution in [0.25, 0.3) is 10.9 Å². The average Bonchev–Trinajstić information content (AvgIpc) is 2.96. The minimum atomic E-state index is -3.71. The fourth-order valence-electron chi connectivity index (χ4n) is 2.55. The van der Waals surface area contributed by atoms with Crippen LogP contribution < -0.4 is 10.0 Å². The molecule has 0 saturated carbocycles. The molecule has 3 rings (SSSR count). The first kappa shape index (κ1) is 19.3. The second-order valence-electron chi connectivity index (χ2n) is 7.10. The van der Waals surface area contributed by atoms with E-state index in [1.165, 1.54) is 12.1 Å². The van der Waals surface area contributed by atoms with Gasteiger partial charge in [0, 0.05) is 21.6 Å². The lowest BCUT2D eigenvalue weighted by Gasteiger charge is -2.20. The summed E-state index contributed by atoms with van der Waals surface area (Å²) >= 11 is 5.99. The van der Waals surface area contributed by atoms with Crippen LogP contribution in [-0.2, 0) is 10.0 Å². The number of carbonyl (C=O) groups excluding carboxylic acids is 1. The lowest BCUT2D eigenvalue weighted by Crippen LogP contribution is -2.40. The predicted octanol–water partition coefficient (Wildman–Crippen LogP) is 3.55. The maximum absolute atomic E-state index is 12.6. The van der Waals surface area contributed by atoms with E-state index in [9.17, 15) is 13.2 Å². The zero-order chi connectivity index (χ0) is 19.8. The van der Waals surface area contributed by atoms with Crippen molar-refractivity contribution in [1.82, 2.24) is 14.9 Å². The fraction of sp³-hybridized carbons (Fsp3) is 0.222. The van der Waals surface area contributed by atoms with E-state index < -0.39 is 21.5 Å². The number of fused-ring (bicyclic) bond motifs is 1. The standard InChI is InChI=1S/C18H19ClN4O3S/c1-18(2,3)23-27(25,26)13-6-4-5-12(10-13)20-17(24)16-14-9-11(19)7-8-15(14)21-22-16/h4-10,23H,1-3H3,(H,20,24)(H,21,22). The van der Waals surface area contributed by atoms with Crippen molar-refractivity contribution in [3.63, 3.8) is 0 Å². The molecule has 0 saturated heterocycles. The number of anilines is 1. The molecular formula is C18H19ClN4O3S. The third kappa shape index (κ3) is 4.47. The van der Waals surface area contributed by atoms with Crippen LogP contribution in [0.5, 0.6) is 0 Å². The number of aromatic amines is 1. The molecule has 7 nitrogen and oxygen atoms in total. The number of sulfonamides is 1. The Morgan fingerprint density at radius 1 is 1.15 bits per heavy atom. The molecule has 1 amide bonds. The molecule has 0 aliphatic carbocycles. The number of carbonyl (C=O) groups is 1. The second-order valence-corrected chi connectivity index (χ2v) is 9.22. The molecule has 0 aliphatic rings. The van der Waals surface area contributed by atoms with Crippen LogP contribution in [0.15, 0.2) is 47.4 Å². The van der Waals surface area contributed by atoms with Gasteiger partial charge in [-0.15, -0.1) is 0 Å². The van der Waals surface area contributed by atoms with Crippen molar-refractivity contribution in [2.24, 2.45) is 0 Å². The number of halogens is 1. The maximum Gasteiger partial charge on any atom is 0.276 e. The fourth-order valence-corrected chi connectivity index (χ4v) is 4.19. The Kier molecular flexibility index (Phi) is 4.98. The molecule has 27 heavy (non-hydrogen) atoms. The van der Waals surface area contributed by atoms with Crippen molar-refractivity contribution in [3.05, 3.63) is 53.2 Å². The number of hydrogen-bond acceptors (Lipinski definition) is 4. The highest BCUT2D eigenvalue weighted by Crippen LogP contribution is 2.22. The lowest BCUT2D eigenvalue weighted by atomic mass is 10.1. The van der Waals surface area contributed by atoms with Crippen molar-refractivity contribution in [2.75, 3.05) is 5.32 Å². The smallest absolute Gasteiger partial charge is 0.276 e. The van der Waals surface area contributed by atoms with E-state index in [1.807, 2.05) is 0 Å². The number of amides is 1. The van der Waals surface area contributed by atoms with E-state index >= 15 is 0 Å². The van der Waals surface area contributed by atoms with Gasteiger partial charge in [0.2, 0.25) is 10.0 Å². The topological polar surface area (TPSA) is 104 Å². The number of H-pyrrole nitrogens is 1. The summed E-state index contributed by atoms with van der Waals surface area (Å²) in [6, 6.07) is 11.1. The molecule has 0 radical (unpaired) electrons. The molecule has 142 valence electrons. The van der Waals surface area contributed by atoms with E-state index in [2.05, 4.69) is 20.2 Å². The Bertz CT molecular complexity index is 1120. The van der Waals surface area contributed by atoms with Gasteiger partial charge in [-0.05, 0) is 57.2 Å². The highest BCUT2D eigenvalue weighted by molar-refractivity contribution is 7.89. The average molecular weight is 407 g/mol. The molecule has 0 atom stereocenters. The molecule has 0 spiro atoms. The number of nitrogens with one attached hydrogen (secondary N) is 3. The molecule has 1 aromatic heterocycles. The summed E-state index contributed by atoms with van der Waals surface area (Å²) in [4.78, 5) is 12.6. The van der Waals surface area contributed by atoms with E-state index in [1.54, 1.807) is 51.1 Å². The van der Waals surface area contributed by atoms with Gasteiger partial charge in [0.25, 0.3) is 5.91 Å². The molecule has 0 fully saturated rings. The van der Waals surface area contributed by atoms with E-state index in [-0.39, 0.29) is 10.6 Å². The summed E-state index contributed by atoms with van der Waals surface area (Å²) in [7, 11) is -3.71. The minimum Gasteiger partial charge on any atom is -0.321 e. The van der Waals surface area contributed by atoms with Crippen LogP contribution in [0.4, 0.5) is 5.69 Å². The van der Waals surface area contributed by atoms with Gasteiger partial charge < -0.3 is 5.32 Å². The molecule has 3 N–H and O–H groups in total. The first-order valence-electron chi connectivity index (χ1n) is 8.14. The Balaban J connectivity index is 1.88. The van der Waals surface area contributed by atoms with Gasteiger partial charge in [-0.2, -0.15) is 5.10 Å². The summed E-state index contributed by atoms with van der Waals surface area (Å²) in [6.45, 7) is 5.26. The zero-order valence-corrected chi connectivity index (χ0v) is 16.6. The van der Waals surface area contributed by atoms with Crippen LogP contribution in [0.2, 0.25) is 5.02 Å². The first-order chi connectivity index (χ1) is 12.5. The first-order valence-corrected chi connectivity index (χ1v) is 10.0. The number of hydrogen-bond donors (Lipinski definition) is 3. The van der Waals surface area contributed by atoms with Crippen molar-refractivity contribution in [1.29, 1.82) is 0 Å². The summed E-state index contributed by atoms with van der Waals surface area (Å²) in [5.74, 6) is -0.471. The highest BCUT2D eigenvalue weighted by Gasteiger charge is 2.22. The van der Waals surface area contributed by atoms with Crippen molar-refractivity contribution in [3.8, 4) is 0 Å². The lowest BCUT2D eigenvalue weighted by molar-refractivity contribution is 0.102. The maximum atomic E-state index is 12.6. The third-order valence-electron chi connectivity index (χ3n) is 3.58. The Morgan fingerprint density at radius 2 is 1.89 bits per heavy atom. The Hall–Kier alpha value is -2.42. The van der Waals surface area contributed by atoms with Crippen LogP contribution >= 0.6 is 11.6 Å². The SMILES string of the molecule is CC(C)(C)NS(=O)(=O)c1cccc(NC(=O)c2n[nH]c3ccc(Cl)cc23)c1. The van der Waals surface area contributed by atoms with Crippen molar-refractivity contribution < 1.29 is 13.2 Å². The number of rotatable bonds is 4. The van der Waals surface area contributed by atoms with Gasteiger partial charge in [0.1, 0.15) is 0 Å². The summed E-state index contributed by atoms with van der Waals surface area (Å²) in [5, 5.41) is 10.5. The molecule has 0 aliphatic heterocycles. The van der Waals surface area contributed by atoms with Crippen LogP contribution in [0.1, 0.15) is 31.3 Å². The van der Waals surface area contributed by atoms with Crippen LogP contribution in [0, 0.1) is 0 Å². The second kappa shape index (κ2) is 6.95. The summed E-state index contributed by atoms with van der Waals surface area (Å²) in [6.07, 6.45) is 0. The third-order valence-corrected chi connectivity index (χ3v) is 5.57. The normalized spacial score (nSPS) is 12.3. The molecular weight excluding hydrogens is 388 g/mol. The van der Waals surface area contributed by atoms with Crippen LogP contribution in [-0.4, -0.2) is 30.1 Å². The highest BCUT2D eigenvalue weighted by atomic mass is 35.5. The molecule has 1 heterocycles. The monoisotopic (exact) mass is 406 g/mol. The zero-order valence-electron chi connectivity index (χ0n) is 15.0.